The van der Waals surface area contributed by atoms with Gasteiger partial charge in [0.2, 0.25) is 0 Å². The third-order valence-electron chi connectivity index (χ3n) is 6.24. The summed E-state index contributed by atoms with van der Waals surface area (Å²) in [7, 11) is 0. The van der Waals surface area contributed by atoms with Crippen LogP contribution >= 0.6 is 11.5 Å². The Labute approximate surface area is 222 Å². The molecule has 13 heteroatoms. The highest BCUT2D eigenvalue weighted by Crippen LogP contribution is 2.39. The molecular formula is C25H27N5O7S. The van der Waals surface area contributed by atoms with Crippen LogP contribution in [0, 0.1) is 6.92 Å². The number of benzene rings is 1. The van der Waals surface area contributed by atoms with Crippen molar-refractivity contribution in [1.29, 1.82) is 0 Å². The van der Waals surface area contributed by atoms with Gasteiger partial charge in [0.25, 0.3) is 17.7 Å². The lowest BCUT2D eigenvalue weighted by Crippen LogP contribution is -2.45. The summed E-state index contributed by atoms with van der Waals surface area (Å²) in [6.07, 6.45) is 1.62. The molecule has 4 heterocycles. The average molecular weight is 542 g/mol. The lowest BCUT2D eigenvalue weighted by Gasteiger charge is -2.31. The summed E-state index contributed by atoms with van der Waals surface area (Å²) in [6.45, 7) is 3.36. The van der Waals surface area contributed by atoms with Gasteiger partial charge >= 0.3 is 0 Å². The number of hydrogen-bond donors (Lipinski definition) is 3. The van der Waals surface area contributed by atoms with E-state index in [9.17, 15) is 14.4 Å². The molecule has 2 aromatic heterocycles. The molecule has 2 aliphatic heterocycles. The summed E-state index contributed by atoms with van der Waals surface area (Å²) < 4.78 is 26.8. The van der Waals surface area contributed by atoms with Gasteiger partial charge in [-0.2, -0.15) is 4.37 Å². The zero-order valence-corrected chi connectivity index (χ0v) is 21.4. The molecule has 3 amide bonds. The minimum atomic E-state index is -1.24. The number of hydrogen-bond acceptors (Lipinski definition) is 10. The van der Waals surface area contributed by atoms with E-state index in [0.29, 0.717) is 42.8 Å². The number of aromatic nitrogens is 1. The number of carbonyl (C=O) groups is 3. The van der Waals surface area contributed by atoms with E-state index in [1.807, 2.05) is 0 Å². The number of rotatable bonds is 8. The number of amides is 3. The first kappa shape index (κ1) is 25.5. The maximum absolute atomic E-state index is 14.1. The van der Waals surface area contributed by atoms with Crippen molar-refractivity contribution in [2.45, 2.75) is 31.9 Å². The third-order valence-corrected chi connectivity index (χ3v) is 7.09. The van der Waals surface area contributed by atoms with Gasteiger partial charge in [-0.15, -0.1) is 0 Å². The number of primary amides is 1. The van der Waals surface area contributed by atoms with Crippen LogP contribution in [0.2, 0.25) is 0 Å². The van der Waals surface area contributed by atoms with Crippen LogP contribution in [0.25, 0.3) is 0 Å². The molecule has 12 nitrogen and oxygen atoms in total. The van der Waals surface area contributed by atoms with Crippen LogP contribution in [0.1, 0.15) is 50.6 Å². The van der Waals surface area contributed by atoms with Gasteiger partial charge in [-0.25, -0.2) is 0 Å². The molecule has 0 saturated carbocycles. The van der Waals surface area contributed by atoms with Gasteiger partial charge in [0, 0.05) is 24.9 Å². The first-order valence-electron chi connectivity index (χ1n) is 12.1. The number of aryl methyl sites for hydroxylation is 1. The molecule has 2 atom stereocenters. The number of anilines is 2. The molecule has 0 radical (unpaired) electrons. The van der Waals surface area contributed by atoms with Gasteiger partial charge in [0.05, 0.1) is 11.8 Å². The second-order valence-electron chi connectivity index (χ2n) is 8.87. The lowest BCUT2D eigenvalue weighted by molar-refractivity contribution is -0.123. The van der Waals surface area contributed by atoms with Gasteiger partial charge in [0.15, 0.2) is 23.2 Å². The molecule has 38 heavy (non-hydrogen) atoms. The molecule has 0 bridgehead atoms. The van der Waals surface area contributed by atoms with E-state index in [0.717, 1.165) is 24.4 Å². The third kappa shape index (κ3) is 5.02. The van der Waals surface area contributed by atoms with E-state index in [2.05, 4.69) is 9.69 Å². The second kappa shape index (κ2) is 10.7. The first-order chi connectivity index (χ1) is 18.3. The van der Waals surface area contributed by atoms with Crippen molar-refractivity contribution in [3.63, 3.8) is 0 Å². The van der Waals surface area contributed by atoms with Crippen LogP contribution in [0.4, 0.5) is 11.4 Å². The standard InChI is InChI=1S/C25H27N5O7S/c1-13-4-6-17(37-13)21(24(32)28-12-15-3-2-8-34-15)30(14-5-7-16-18(11-14)36-10-9-35-16)25(33)22-19(26)20(23(27)31)29-38-22/h4-7,11,15,21H,2-3,8-10,12,26H2,1H3,(H2,27,31)(H,28,32)/t15-,21-/m0/s1. The van der Waals surface area contributed by atoms with Gasteiger partial charge in [-0.05, 0) is 55.6 Å². The molecule has 200 valence electrons. The number of nitrogens with two attached hydrogens (primary N) is 2. The zero-order chi connectivity index (χ0) is 26.8. The number of nitrogens with zero attached hydrogens (tertiary/aromatic N) is 2. The number of carbonyl (C=O) groups excluding carboxylic acids is 3. The van der Waals surface area contributed by atoms with Crippen molar-refractivity contribution in [3.05, 3.63) is 52.4 Å². The van der Waals surface area contributed by atoms with Crippen molar-refractivity contribution < 1.29 is 33.0 Å². The highest BCUT2D eigenvalue weighted by molar-refractivity contribution is 7.09. The van der Waals surface area contributed by atoms with Crippen molar-refractivity contribution in [3.8, 4) is 11.5 Å². The smallest absolute Gasteiger partial charge is 0.273 e. The lowest BCUT2D eigenvalue weighted by atomic mass is 10.1. The van der Waals surface area contributed by atoms with Crippen LogP contribution in [-0.2, 0) is 9.53 Å². The SMILES string of the molecule is Cc1ccc([C@@H](C(=O)NC[C@@H]2CCCO2)N(C(=O)c2snc(C(N)=O)c2N)c2ccc3c(c2)OCCO3)o1. The van der Waals surface area contributed by atoms with Crippen molar-refractivity contribution in [1.82, 2.24) is 9.69 Å². The fourth-order valence-corrected chi connectivity index (χ4v) is 5.14. The Hall–Kier alpha value is -4.10. The average Bonchev–Trinajstić information content (AvgIpc) is 3.66. The first-order valence-corrected chi connectivity index (χ1v) is 12.8. The fourth-order valence-electron chi connectivity index (χ4n) is 4.39. The van der Waals surface area contributed by atoms with E-state index < -0.39 is 23.8 Å². The molecule has 1 aromatic carbocycles. The van der Waals surface area contributed by atoms with E-state index >= 15 is 0 Å². The Balaban J connectivity index is 1.59. The molecule has 0 spiro atoms. The number of fused-ring (bicyclic) bond motifs is 1. The normalized spacial score (nSPS) is 17.1. The van der Waals surface area contributed by atoms with E-state index in [4.69, 9.17) is 30.1 Å². The van der Waals surface area contributed by atoms with Gasteiger partial charge in [0.1, 0.15) is 29.6 Å². The van der Waals surface area contributed by atoms with Crippen molar-refractivity contribution in [2.75, 3.05) is 37.0 Å². The van der Waals surface area contributed by atoms with Crippen LogP contribution < -0.4 is 31.2 Å². The number of nitrogen functional groups attached to an aromatic ring is 1. The molecule has 1 fully saturated rings. The maximum atomic E-state index is 14.1. The second-order valence-corrected chi connectivity index (χ2v) is 9.65. The molecular weight excluding hydrogens is 514 g/mol. The molecule has 0 unspecified atom stereocenters. The van der Waals surface area contributed by atoms with Crippen molar-refractivity contribution in [2.24, 2.45) is 5.73 Å². The van der Waals surface area contributed by atoms with Gasteiger partial charge in [-0.1, -0.05) is 0 Å². The van der Waals surface area contributed by atoms with Crippen LogP contribution in [0.15, 0.2) is 34.7 Å². The van der Waals surface area contributed by atoms with Crippen LogP contribution in [0.5, 0.6) is 11.5 Å². The number of nitrogens with one attached hydrogen (secondary N) is 1. The van der Waals surface area contributed by atoms with E-state index in [1.54, 1.807) is 37.3 Å². The number of ether oxygens (including phenoxy) is 3. The van der Waals surface area contributed by atoms with Gasteiger partial charge in [-0.3, -0.25) is 19.3 Å². The highest BCUT2D eigenvalue weighted by Gasteiger charge is 2.38. The molecule has 2 aliphatic rings. The quantitative estimate of drug-likeness (QED) is 0.386. The zero-order valence-electron chi connectivity index (χ0n) is 20.6. The Bertz CT molecular complexity index is 1360. The summed E-state index contributed by atoms with van der Waals surface area (Å²) >= 11 is 0.722. The van der Waals surface area contributed by atoms with Crippen LogP contribution in [0.3, 0.4) is 0 Å². The Morgan fingerprint density at radius 3 is 2.61 bits per heavy atom. The van der Waals surface area contributed by atoms with E-state index in [1.165, 1.54) is 4.90 Å². The van der Waals surface area contributed by atoms with Crippen LogP contribution in [-0.4, -0.2) is 54.6 Å². The van der Waals surface area contributed by atoms with E-state index in [-0.39, 0.29) is 34.7 Å². The predicted molar refractivity (Wildman–Crippen MR) is 137 cm³/mol. The molecule has 1 saturated heterocycles. The molecule has 5 N–H and O–H groups in total. The topological polar surface area (TPSA) is 172 Å². The summed E-state index contributed by atoms with van der Waals surface area (Å²) in [4.78, 5) is 40.8. The number of furan rings is 1. The maximum Gasteiger partial charge on any atom is 0.273 e. The minimum absolute atomic E-state index is 0.0473. The Morgan fingerprint density at radius 1 is 1.16 bits per heavy atom. The Morgan fingerprint density at radius 2 is 1.95 bits per heavy atom. The largest absolute Gasteiger partial charge is 0.486 e. The summed E-state index contributed by atoms with van der Waals surface area (Å²) in [5, 5.41) is 2.90. The summed E-state index contributed by atoms with van der Waals surface area (Å²) in [5.74, 6) is -0.318. The molecule has 5 rings (SSSR count). The van der Waals surface area contributed by atoms with Crippen molar-refractivity contribution >= 4 is 40.6 Å². The minimum Gasteiger partial charge on any atom is -0.486 e. The summed E-state index contributed by atoms with van der Waals surface area (Å²) in [5.41, 5.74) is 11.4. The fraction of sp³-hybridized carbons (Fsp3) is 0.360. The van der Waals surface area contributed by atoms with Gasteiger partial charge < -0.3 is 35.4 Å². The molecule has 3 aromatic rings. The Kier molecular flexibility index (Phi) is 7.20. The summed E-state index contributed by atoms with van der Waals surface area (Å²) in [6, 6.07) is 6.99. The molecule has 0 aliphatic carbocycles. The predicted octanol–water partition coefficient (Wildman–Crippen LogP) is 2.18. The highest BCUT2D eigenvalue weighted by atomic mass is 32.1. The monoisotopic (exact) mass is 541 g/mol.